The van der Waals surface area contributed by atoms with Crippen LogP contribution in [-0.2, 0) is 4.79 Å². The van der Waals surface area contributed by atoms with Crippen molar-refractivity contribution in [2.75, 3.05) is 18.4 Å². The summed E-state index contributed by atoms with van der Waals surface area (Å²) in [5.74, 6) is -1.03. The fraction of sp³-hybridized carbons (Fsp3) is 0.385. The molecule has 0 radical (unpaired) electrons. The van der Waals surface area contributed by atoms with E-state index in [2.05, 4.69) is 26.4 Å². The van der Waals surface area contributed by atoms with E-state index in [9.17, 15) is 9.18 Å². The fourth-order valence-corrected chi connectivity index (χ4v) is 3.06. The van der Waals surface area contributed by atoms with E-state index in [4.69, 9.17) is 10.3 Å². The Hall–Kier alpha value is -1.16. The lowest BCUT2D eigenvalue weighted by Crippen LogP contribution is -2.37. The van der Waals surface area contributed by atoms with Crippen molar-refractivity contribution in [1.29, 1.82) is 0 Å². The van der Waals surface area contributed by atoms with E-state index in [1.54, 1.807) is 0 Å². The molecule has 0 bridgehead atoms. The Balaban J connectivity index is 2.02. The Morgan fingerprint density at radius 3 is 2.73 bits per heavy atom. The first-order valence-electron chi connectivity index (χ1n) is 6.65. The molecule has 0 aromatic heterocycles. The first-order valence-corrected chi connectivity index (χ1v) is 8.28. The highest BCUT2D eigenvalue weighted by Crippen LogP contribution is 2.23. The van der Waals surface area contributed by atoms with E-state index in [-0.39, 0.29) is 22.0 Å². The van der Waals surface area contributed by atoms with Gasteiger partial charge in [-0.3, -0.25) is 9.93 Å². The molecule has 2 rings (SSSR count). The molecule has 1 saturated heterocycles. The SMILES string of the molecule is NSN1CCC(C(=O)/C(=N/O)Nc2ccc(F)c(Br)c2)CC1. The summed E-state index contributed by atoms with van der Waals surface area (Å²) in [7, 11) is 0. The van der Waals surface area contributed by atoms with Crippen LogP contribution < -0.4 is 10.5 Å². The number of piperidine rings is 1. The highest BCUT2D eigenvalue weighted by atomic mass is 79.9. The number of hydrogen-bond acceptors (Lipinski definition) is 6. The summed E-state index contributed by atoms with van der Waals surface area (Å²) in [4.78, 5) is 12.4. The van der Waals surface area contributed by atoms with Crippen molar-refractivity contribution >= 4 is 45.4 Å². The van der Waals surface area contributed by atoms with E-state index < -0.39 is 5.82 Å². The van der Waals surface area contributed by atoms with Gasteiger partial charge in [0.25, 0.3) is 0 Å². The van der Waals surface area contributed by atoms with Crippen LogP contribution in [-0.4, -0.2) is 34.2 Å². The molecular formula is C13H16BrFN4O2S. The number of rotatable bonds is 4. The number of nitrogens with two attached hydrogens (primary N) is 1. The molecule has 1 heterocycles. The third kappa shape index (κ3) is 4.19. The van der Waals surface area contributed by atoms with Crippen LogP contribution in [0.4, 0.5) is 10.1 Å². The number of nitrogens with zero attached hydrogens (tertiary/aromatic N) is 2. The van der Waals surface area contributed by atoms with Crippen LogP contribution in [0.5, 0.6) is 0 Å². The first kappa shape index (κ1) is 17.2. The van der Waals surface area contributed by atoms with Crippen LogP contribution in [0.3, 0.4) is 0 Å². The van der Waals surface area contributed by atoms with E-state index in [1.807, 2.05) is 4.31 Å². The van der Waals surface area contributed by atoms with Crippen molar-refractivity contribution in [1.82, 2.24) is 4.31 Å². The molecule has 1 aliphatic heterocycles. The van der Waals surface area contributed by atoms with Gasteiger partial charge in [-0.25, -0.2) is 8.70 Å². The Bertz CT molecular complexity index is 579. The number of carbonyl (C=O) groups excluding carboxylic acids is 1. The number of carbonyl (C=O) groups is 1. The molecule has 22 heavy (non-hydrogen) atoms. The van der Waals surface area contributed by atoms with Crippen LogP contribution in [0.2, 0.25) is 0 Å². The van der Waals surface area contributed by atoms with Gasteiger partial charge in [0.05, 0.1) is 4.47 Å². The van der Waals surface area contributed by atoms with Crippen LogP contribution in [0.1, 0.15) is 12.8 Å². The highest BCUT2D eigenvalue weighted by molar-refractivity contribution is 9.10. The van der Waals surface area contributed by atoms with Crippen molar-refractivity contribution in [3.8, 4) is 0 Å². The molecule has 0 spiro atoms. The minimum atomic E-state index is -0.411. The average molecular weight is 391 g/mol. The summed E-state index contributed by atoms with van der Waals surface area (Å²) >= 11 is 4.23. The van der Waals surface area contributed by atoms with E-state index >= 15 is 0 Å². The molecule has 0 saturated carbocycles. The third-order valence-electron chi connectivity index (χ3n) is 3.49. The molecule has 1 fully saturated rings. The zero-order valence-electron chi connectivity index (χ0n) is 11.6. The standard InChI is InChI=1S/C13H16BrFN4O2S/c14-10-7-9(1-2-11(10)15)17-13(18-21)12(20)8-3-5-19(22-16)6-4-8/h1-2,7-8,21H,3-6,16H2,(H,17,18). The lowest BCUT2D eigenvalue weighted by atomic mass is 9.93. The number of amidine groups is 1. The van der Waals surface area contributed by atoms with Crippen molar-refractivity contribution in [2.45, 2.75) is 12.8 Å². The quantitative estimate of drug-likeness (QED) is 0.240. The second kappa shape index (κ2) is 7.91. The minimum absolute atomic E-state index is 0.141. The van der Waals surface area contributed by atoms with Crippen molar-refractivity contribution < 1.29 is 14.4 Å². The largest absolute Gasteiger partial charge is 0.409 e. The van der Waals surface area contributed by atoms with Crippen LogP contribution >= 0.6 is 28.1 Å². The van der Waals surface area contributed by atoms with Gasteiger partial charge in [-0.15, -0.1) is 0 Å². The maximum Gasteiger partial charge on any atom is 0.213 e. The lowest BCUT2D eigenvalue weighted by Gasteiger charge is -2.28. The average Bonchev–Trinajstić information content (AvgIpc) is 2.55. The van der Waals surface area contributed by atoms with Crippen LogP contribution in [0.15, 0.2) is 27.8 Å². The van der Waals surface area contributed by atoms with Crippen LogP contribution in [0, 0.1) is 11.7 Å². The fourth-order valence-electron chi connectivity index (χ4n) is 2.26. The van der Waals surface area contributed by atoms with E-state index in [0.29, 0.717) is 31.6 Å². The van der Waals surface area contributed by atoms with Gasteiger partial charge < -0.3 is 10.5 Å². The zero-order valence-corrected chi connectivity index (χ0v) is 14.0. The molecule has 0 aliphatic carbocycles. The molecule has 1 aromatic rings. The van der Waals surface area contributed by atoms with Crippen LogP contribution in [0.25, 0.3) is 0 Å². The monoisotopic (exact) mass is 390 g/mol. The lowest BCUT2D eigenvalue weighted by molar-refractivity contribution is -0.117. The maximum atomic E-state index is 13.2. The van der Waals surface area contributed by atoms with E-state index in [0.717, 1.165) is 0 Å². The second-order valence-electron chi connectivity index (χ2n) is 4.88. The number of Topliss-reactive ketones (excluding diaryl/α,β-unsaturated/α-hetero) is 1. The molecule has 0 unspecified atom stereocenters. The summed E-state index contributed by atoms with van der Waals surface area (Å²) in [5, 5.41) is 20.4. The van der Waals surface area contributed by atoms with Crippen molar-refractivity contribution in [3.05, 3.63) is 28.5 Å². The number of ketones is 1. The van der Waals surface area contributed by atoms with E-state index in [1.165, 1.54) is 30.3 Å². The number of anilines is 1. The van der Waals surface area contributed by atoms with Gasteiger partial charge in [-0.1, -0.05) is 5.16 Å². The van der Waals surface area contributed by atoms with Gasteiger partial charge in [0.1, 0.15) is 5.82 Å². The summed E-state index contributed by atoms with van der Waals surface area (Å²) in [6, 6.07) is 4.19. The molecule has 120 valence electrons. The van der Waals surface area contributed by atoms with Gasteiger partial charge >= 0.3 is 0 Å². The Kier molecular flexibility index (Phi) is 6.18. The molecule has 6 nitrogen and oxygen atoms in total. The summed E-state index contributed by atoms with van der Waals surface area (Å²) < 4.78 is 15.4. The van der Waals surface area contributed by atoms with Gasteiger partial charge in [0.15, 0.2) is 0 Å². The third-order valence-corrected chi connectivity index (χ3v) is 4.76. The molecule has 0 atom stereocenters. The Labute approximate surface area is 140 Å². The number of benzene rings is 1. The summed E-state index contributed by atoms with van der Waals surface area (Å²) in [5.41, 5.74) is 0.462. The Morgan fingerprint density at radius 2 is 2.18 bits per heavy atom. The second-order valence-corrected chi connectivity index (χ2v) is 6.46. The summed E-state index contributed by atoms with van der Waals surface area (Å²) in [6.45, 7) is 1.41. The molecule has 1 aliphatic rings. The summed E-state index contributed by atoms with van der Waals surface area (Å²) in [6.07, 6.45) is 1.30. The molecular weight excluding hydrogens is 375 g/mol. The van der Waals surface area contributed by atoms with Crippen molar-refractivity contribution in [2.24, 2.45) is 16.2 Å². The molecule has 0 amide bonds. The molecule has 9 heteroatoms. The number of oxime groups is 1. The molecule has 4 N–H and O–H groups in total. The smallest absolute Gasteiger partial charge is 0.213 e. The maximum absolute atomic E-state index is 13.2. The Morgan fingerprint density at radius 1 is 1.50 bits per heavy atom. The van der Waals surface area contributed by atoms with Gasteiger partial charge in [-0.2, -0.15) is 0 Å². The highest BCUT2D eigenvalue weighted by Gasteiger charge is 2.28. The van der Waals surface area contributed by atoms with Crippen molar-refractivity contribution in [3.63, 3.8) is 0 Å². The normalized spacial score (nSPS) is 17.5. The van der Waals surface area contributed by atoms with Gasteiger partial charge in [0, 0.05) is 36.8 Å². The zero-order chi connectivity index (χ0) is 16.1. The van der Waals surface area contributed by atoms with Gasteiger partial charge in [-0.05, 0) is 47.0 Å². The topological polar surface area (TPSA) is 91.0 Å². The first-order chi connectivity index (χ1) is 10.5. The predicted octanol–water partition coefficient (Wildman–Crippen LogP) is 2.59. The minimum Gasteiger partial charge on any atom is -0.409 e. The number of hydrogen-bond donors (Lipinski definition) is 3. The number of nitrogens with one attached hydrogen (secondary N) is 1. The predicted molar refractivity (Wildman–Crippen MR) is 88.0 cm³/mol. The van der Waals surface area contributed by atoms with Gasteiger partial charge in [0.2, 0.25) is 11.6 Å². The molecule has 1 aromatic carbocycles. The number of halogens is 2.